The number of carbonyl (C=O) groups is 1. The average Bonchev–Trinajstić information content (AvgIpc) is 2.39. The van der Waals surface area contributed by atoms with Gasteiger partial charge in [0.2, 0.25) is 5.91 Å². The van der Waals surface area contributed by atoms with Crippen LogP contribution in [0.2, 0.25) is 0 Å². The summed E-state index contributed by atoms with van der Waals surface area (Å²) in [5.74, 6) is 0.152. The number of hydrogen-bond donors (Lipinski definition) is 1. The van der Waals surface area contributed by atoms with Crippen molar-refractivity contribution < 1.29 is 4.79 Å². The minimum atomic E-state index is -0.286. The van der Waals surface area contributed by atoms with Crippen LogP contribution in [-0.4, -0.2) is 29.9 Å². The number of nitrogens with zero attached hydrogens (tertiary/aromatic N) is 1. The van der Waals surface area contributed by atoms with Crippen LogP contribution in [0.5, 0.6) is 0 Å². The maximum Gasteiger partial charge on any atom is 0.239 e. The highest BCUT2D eigenvalue weighted by atomic mass is 16.2. The standard InChI is InChI=1S/C13H26N2O/c1-4-6-11(14)12(16)15-9-5-7-13(2,3)8-10-15/h11H,4-10,14H2,1-3H3/t11-/m1/s1. The van der Waals surface area contributed by atoms with Gasteiger partial charge < -0.3 is 10.6 Å². The van der Waals surface area contributed by atoms with Crippen LogP contribution in [0.15, 0.2) is 0 Å². The molecule has 16 heavy (non-hydrogen) atoms. The Bertz CT molecular complexity index is 238. The SMILES string of the molecule is CCC[C@@H](N)C(=O)N1CCCC(C)(C)CC1. The summed E-state index contributed by atoms with van der Waals surface area (Å²) in [6.45, 7) is 8.40. The van der Waals surface area contributed by atoms with E-state index in [1.54, 1.807) is 0 Å². The quantitative estimate of drug-likeness (QED) is 0.801. The molecule has 1 saturated heterocycles. The van der Waals surface area contributed by atoms with Crippen LogP contribution >= 0.6 is 0 Å². The van der Waals surface area contributed by atoms with Gasteiger partial charge in [-0.3, -0.25) is 4.79 Å². The summed E-state index contributed by atoms with van der Waals surface area (Å²) in [5.41, 5.74) is 6.26. The van der Waals surface area contributed by atoms with Crippen LogP contribution < -0.4 is 5.73 Å². The molecule has 1 heterocycles. The maximum absolute atomic E-state index is 12.1. The highest BCUT2D eigenvalue weighted by Crippen LogP contribution is 2.29. The van der Waals surface area contributed by atoms with E-state index in [1.807, 2.05) is 4.90 Å². The van der Waals surface area contributed by atoms with E-state index in [-0.39, 0.29) is 11.9 Å². The molecule has 0 aliphatic carbocycles. The Kier molecular flexibility index (Phi) is 4.78. The minimum Gasteiger partial charge on any atom is -0.341 e. The number of amides is 1. The lowest BCUT2D eigenvalue weighted by atomic mass is 9.85. The number of hydrogen-bond acceptors (Lipinski definition) is 2. The summed E-state index contributed by atoms with van der Waals surface area (Å²) < 4.78 is 0. The van der Waals surface area contributed by atoms with E-state index in [4.69, 9.17) is 5.73 Å². The molecular weight excluding hydrogens is 200 g/mol. The zero-order chi connectivity index (χ0) is 12.2. The van der Waals surface area contributed by atoms with E-state index in [0.29, 0.717) is 5.41 Å². The predicted molar refractivity (Wildman–Crippen MR) is 67.1 cm³/mol. The van der Waals surface area contributed by atoms with Gasteiger partial charge in [-0.05, 0) is 31.1 Å². The van der Waals surface area contributed by atoms with Crippen molar-refractivity contribution >= 4 is 5.91 Å². The van der Waals surface area contributed by atoms with E-state index in [2.05, 4.69) is 20.8 Å². The van der Waals surface area contributed by atoms with E-state index < -0.39 is 0 Å². The largest absolute Gasteiger partial charge is 0.341 e. The molecule has 0 unspecified atom stereocenters. The molecule has 0 spiro atoms. The summed E-state index contributed by atoms with van der Waals surface area (Å²) in [6, 6.07) is -0.286. The van der Waals surface area contributed by atoms with Gasteiger partial charge in [-0.25, -0.2) is 0 Å². The number of likely N-dealkylation sites (tertiary alicyclic amines) is 1. The zero-order valence-electron chi connectivity index (χ0n) is 11.0. The van der Waals surface area contributed by atoms with E-state index in [0.717, 1.165) is 38.8 Å². The third-order valence-corrected chi connectivity index (χ3v) is 3.57. The maximum atomic E-state index is 12.1. The molecule has 1 aliphatic rings. The van der Waals surface area contributed by atoms with Crippen molar-refractivity contribution in [3.05, 3.63) is 0 Å². The van der Waals surface area contributed by atoms with Gasteiger partial charge in [0.05, 0.1) is 6.04 Å². The summed E-state index contributed by atoms with van der Waals surface area (Å²) in [4.78, 5) is 14.0. The lowest BCUT2D eigenvalue weighted by Crippen LogP contribution is -2.44. The van der Waals surface area contributed by atoms with Crippen molar-refractivity contribution in [1.82, 2.24) is 4.90 Å². The van der Waals surface area contributed by atoms with Gasteiger partial charge in [0.25, 0.3) is 0 Å². The summed E-state index contributed by atoms with van der Waals surface area (Å²) in [5, 5.41) is 0. The molecule has 3 nitrogen and oxygen atoms in total. The molecule has 0 bridgehead atoms. The van der Waals surface area contributed by atoms with Gasteiger partial charge in [-0.15, -0.1) is 0 Å². The molecule has 2 N–H and O–H groups in total. The molecule has 1 atom stereocenters. The van der Waals surface area contributed by atoms with Crippen LogP contribution in [-0.2, 0) is 4.79 Å². The topological polar surface area (TPSA) is 46.3 Å². The predicted octanol–water partition coefficient (Wildman–Crippen LogP) is 2.15. The molecule has 0 saturated carbocycles. The Morgan fingerprint density at radius 3 is 2.69 bits per heavy atom. The molecule has 0 radical (unpaired) electrons. The van der Waals surface area contributed by atoms with Gasteiger partial charge in [0.15, 0.2) is 0 Å². The molecule has 1 aliphatic heterocycles. The fourth-order valence-electron chi connectivity index (χ4n) is 2.31. The molecule has 94 valence electrons. The first-order valence-electron chi connectivity index (χ1n) is 6.50. The van der Waals surface area contributed by atoms with Gasteiger partial charge >= 0.3 is 0 Å². The summed E-state index contributed by atoms with van der Waals surface area (Å²) >= 11 is 0. The average molecular weight is 226 g/mol. The van der Waals surface area contributed by atoms with Gasteiger partial charge in [0.1, 0.15) is 0 Å². The van der Waals surface area contributed by atoms with Gasteiger partial charge in [-0.1, -0.05) is 27.2 Å². The second-order valence-electron chi connectivity index (χ2n) is 5.74. The highest BCUT2D eigenvalue weighted by Gasteiger charge is 2.27. The van der Waals surface area contributed by atoms with E-state index >= 15 is 0 Å². The number of rotatable bonds is 3. The molecular formula is C13H26N2O. The first-order chi connectivity index (χ1) is 7.46. The molecule has 3 heteroatoms. The van der Waals surface area contributed by atoms with Crippen molar-refractivity contribution in [3.63, 3.8) is 0 Å². The summed E-state index contributed by atoms with van der Waals surface area (Å²) in [7, 11) is 0. The molecule has 1 fully saturated rings. The molecule has 0 aromatic rings. The Morgan fingerprint density at radius 2 is 2.06 bits per heavy atom. The first-order valence-corrected chi connectivity index (χ1v) is 6.50. The van der Waals surface area contributed by atoms with Crippen molar-refractivity contribution in [3.8, 4) is 0 Å². The van der Waals surface area contributed by atoms with Crippen LogP contribution in [0.25, 0.3) is 0 Å². The van der Waals surface area contributed by atoms with Crippen LogP contribution in [0.1, 0.15) is 52.9 Å². The van der Waals surface area contributed by atoms with Crippen molar-refractivity contribution in [2.24, 2.45) is 11.1 Å². The smallest absolute Gasteiger partial charge is 0.239 e. The molecule has 1 rings (SSSR count). The fourth-order valence-corrected chi connectivity index (χ4v) is 2.31. The summed E-state index contributed by atoms with van der Waals surface area (Å²) in [6.07, 6.45) is 5.19. The monoisotopic (exact) mass is 226 g/mol. The van der Waals surface area contributed by atoms with Crippen LogP contribution in [0.3, 0.4) is 0 Å². The number of nitrogens with two attached hydrogens (primary N) is 1. The Morgan fingerprint density at radius 1 is 1.38 bits per heavy atom. The molecule has 1 amide bonds. The van der Waals surface area contributed by atoms with E-state index in [1.165, 1.54) is 6.42 Å². The normalized spacial score (nSPS) is 22.6. The van der Waals surface area contributed by atoms with Crippen molar-refractivity contribution in [2.75, 3.05) is 13.1 Å². The Labute approximate surface area is 99.4 Å². The van der Waals surface area contributed by atoms with Crippen LogP contribution in [0, 0.1) is 5.41 Å². The van der Waals surface area contributed by atoms with Crippen molar-refractivity contribution in [2.45, 2.75) is 58.9 Å². The lowest BCUT2D eigenvalue weighted by Gasteiger charge is -2.25. The highest BCUT2D eigenvalue weighted by molar-refractivity contribution is 5.81. The minimum absolute atomic E-state index is 0.152. The molecule has 0 aromatic carbocycles. The Balaban J connectivity index is 2.51. The van der Waals surface area contributed by atoms with Gasteiger partial charge in [0, 0.05) is 13.1 Å². The number of carbonyl (C=O) groups excluding carboxylic acids is 1. The fraction of sp³-hybridized carbons (Fsp3) is 0.923. The van der Waals surface area contributed by atoms with E-state index in [9.17, 15) is 4.79 Å². The Hall–Kier alpha value is -0.570. The first kappa shape index (κ1) is 13.5. The zero-order valence-corrected chi connectivity index (χ0v) is 11.0. The van der Waals surface area contributed by atoms with Gasteiger partial charge in [-0.2, -0.15) is 0 Å². The lowest BCUT2D eigenvalue weighted by molar-refractivity contribution is -0.132. The third kappa shape index (κ3) is 3.78. The van der Waals surface area contributed by atoms with Crippen molar-refractivity contribution in [1.29, 1.82) is 0 Å². The van der Waals surface area contributed by atoms with Crippen LogP contribution in [0.4, 0.5) is 0 Å². The second-order valence-corrected chi connectivity index (χ2v) is 5.74. The molecule has 0 aromatic heterocycles. The third-order valence-electron chi connectivity index (χ3n) is 3.57. The second kappa shape index (κ2) is 5.67.